The normalized spacial score (nSPS) is 21.1. The molecule has 1 aliphatic rings. The van der Waals surface area contributed by atoms with Gasteiger partial charge in [0.2, 0.25) is 0 Å². The van der Waals surface area contributed by atoms with Crippen LogP contribution in [-0.2, 0) is 4.79 Å². The second-order valence-corrected chi connectivity index (χ2v) is 4.23. The van der Waals surface area contributed by atoms with Crippen molar-refractivity contribution in [2.45, 2.75) is 31.9 Å². The molecule has 0 spiro atoms. The van der Waals surface area contributed by atoms with Gasteiger partial charge in [-0.3, -0.25) is 4.79 Å². The topological polar surface area (TPSA) is 63.3 Å². The van der Waals surface area contributed by atoms with Crippen molar-refractivity contribution in [2.24, 2.45) is 17.1 Å². The van der Waals surface area contributed by atoms with Crippen molar-refractivity contribution in [3.8, 4) is 0 Å². The number of halogens is 3. The molecule has 0 aromatic heterocycles. The SMILES string of the molecule is NCC(CC1CC1)(CC(F)(F)F)C(=O)O. The Morgan fingerprint density at radius 3 is 2.20 bits per heavy atom. The third-order valence-electron chi connectivity index (χ3n) is 2.76. The summed E-state index contributed by atoms with van der Waals surface area (Å²) >= 11 is 0. The van der Waals surface area contributed by atoms with Gasteiger partial charge in [-0.1, -0.05) is 12.8 Å². The lowest BCUT2D eigenvalue weighted by molar-refractivity contribution is -0.179. The molecule has 88 valence electrons. The van der Waals surface area contributed by atoms with Gasteiger partial charge in [-0.25, -0.2) is 0 Å². The van der Waals surface area contributed by atoms with E-state index in [4.69, 9.17) is 10.8 Å². The summed E-state index contributed by atoms with van der Waals surface area (Å²) in [4.78, 5) is 10.9. The Hall–Kier alpha value is -0.780. The van der Waals surface area contributed by atoms with E-state index in [2.05, 4.69) is 0 Å². The van der Waals surface area contributed by atoms with Crippen LogP contribution in [-0.4, -0.2) is 23.8 Å². The van der Waals surface area contributed by atoms with Crippen LogP contribution in [0.15, 0.2) is 0 Å². The molecule has 1 saturated carbocycles. The van der Waals surface area contributed by atoms with Gasteiger partial charge >= 0.3 is 12.1 Å². The van der Waals surface area contributed by atoms with Crippen LogP contribution >= 0.6 is 0 Å². The average molecular weight is 225 g/mol. The van der Waals surface area contributed by atoms with Crippen LogP contribution in [0.25, 0.3) is 0 Å². The Morgan fingerprint density at radius 2 is 1.93 bits per heavy atom. The number of carboxylic acids is 1. The summed E-state index contributed by atoms with van der Waals surface area (Å²) in [6.07, 6.45) is -4.15. The van der Waals surface area contributed by atoms with Crippen molar-refractivity contribution >= 4 is 5.97 Å². The summed E-state index contributed by atoms with van der Waals surface area (Å²) in [6, 6.07) is 0. The minimum atomic E-state index is -4.48. The van der Waals surface area contributed by atoms with Crippen LogP contribution in [0.4, 0.5) is 13.2 Å². The average Bonchev–Trinajstić information content (AvgIpc) is 2.84. The Bertz CT molecular complexity index is 250. The molecule has 0 bridgehead atoms. The quantitative estimate of drug-likeness (QED) is 0.749. The second kappa shape index (κ2) is 4.00. The van der Waals surface area contributed by atoms with Gasteiger partial charge in [0.1, 0.15) is 0 Å². The molecular formula is C9H14F3NO2. The molecule has 6 heteroatoms. The fraction of sp³-hybridized carbons (Fsp3) is 0.889. The zero-order valence-electron chi connectivity index (χ0n) is 8.18. The Morgan fingerprint density at radius 1 is 1.40 bits per heavy atom. The van der Waals surface area contributed by atoms with Gasteiger partial charge in [-0.05, 0) is 12.3 Å². The third kappa shape index (κ3) is 3.37. The molecule has 0 amide bonds. The van der Waals surface area contributed by atoms with Crippen molar-refractivity contribution in [3.63, 3.8) is 0 Å². The van der Waals surface area contributed by atoms with E-state index in [0.29, 0.717) is 0 Å². The number of rotatable bonds is 5. The van der Waals surface area contributed by atoms with Gasteiger partial charge in [0.05, 0.1) is 11.8 Å². The predicted octanol–water partition coefficient (Wildman–Crippen LogP) is 1.77. The first-order chi connectivity index (χ1) is 6.79. The molecule has 1 aliphatic carbocycles. The molecular weight excluding hydrogens is 211 g/mol. The zero-order valence-corrected chi connectivity index (χ0v) is 8.18. The lowest BCUT2D eigenvalue weighted by atomic mass is 9.79. The van der Waals surface area contributed by atoms with E-state index < -0.39 is 30.5 Å². The van der Waals surface area contributed by atoms with Crippen molar-refractivity contribution in [3.05, 3.63) is 0 Å². The summed E-state index contributed by atoms with van der Waals surface area (Å²) in [7, 11) is 0. The number of hydrogen-bond donors (Lipinski definition) is 2. The van der Waals surface area contributed by atoms with Crippen LogP contribution in [0.2, 0.25) is 0 Å². The molecule has 0 radical (unpaired) electrons. The molecule has 0 heterocycles. The highest BCUT2D eigenvalue weighted by Crippen LogP contribution is 2.45. The van der Waals surface area contributed by atoms with E-state index in [-0.39, 0.29) is 12.3 Å². The van der Waals surface area contributed by atoms with E-state index in [9.17, 15) is 18.0 Å². The van der Waals surface area contributed by atoms with Crippen molar-refractivity contribution in [1.82, 2.24) is 0 Å². The molecule has 3 N–H and O–H groups in total. The summed E-state index contributed by atoms with van der Waals surface area (Å²) in [6.45, 7) is -0.460. The summed E-state index contributed by atoms with van der Waals surface area (Å²) < 4.78 is 36.7. The largest absolute Gasteiger partial charge is 0.481 e. The second-order valence-electron chi connectivity index (χ2n) is 4.23. The van der Waals surface area contributed by atoms with Crippen molar-refractivity contribution in [1.29, 1.82) is 0 Å². The molecule has 0 aromatic carbocycles. The van der Waals surface area contributed by atoms with Gasteiger partial charge in [0.25, 0.3) is 0 Å². The highest BCUT2D eigenvalue weighted by molar-refractivity contribution is 5.75. The first-order valence-corrected chi connectivity index (χ1v) is 4.79. The van der Waals surface area contributed by atoms with Crippen LogP contribution in [0, 0.1) is 11.3 Å². The van der Waals surface area contributed by atoms with Crippen LogP contribution in [0.1, 0.15) is 25.7 Å². The van der Waals surface area contributed by atoms with Crippen LogP contribution < -0.4 is 5.73 Å². The maximum absolute atomic E-state index is 12.2. The van der Waals surface area contributed by atoms with E-state index in [0.717, 1.165) is 12.8 Å². The fourth-order valence-corrected chi connectivity index (χ4v) is 1.74. The van der Waals surface area contributed by atoms with Gasteiger partial charge in [-0.15, -0.1) is 0 Å². The minimum absolute atomic E-state index is 0.0400. The Labute approximate surface area is 85.4 Å². The monoisotopic (exact) mass is 225 g/mol. The van der Waals surface area contributed by atoms with E-state index in [1.807, 2.05) is 0 Å². The van der Waals surface area contributed by atoms with Crippen molar-refractivity contribution < 1.29 is 23.1 Å². The highest BCUT2D eigenvalue weighted by atomic mass is 19.4. The minimum Gasteiger partial charge on any atom is -0.481 e. The zero-order chi connectivity index (χ0) is 11.7. The first kappa shape index (κ1) is 12.3. The van der Waals surface area contributed by atoms with Crippen LogP contribution in [0.3, 0.4) is 0 Å². The number of hydrogen-bond acceptors (Lipinski definition) is 2. The molecule has 1 fully saturated rings. The molecule has 1 atom stereocenters. The highest BCUT2D eigenvalue weighted by Gasteiger charge is 2.49. The van der Waals surface area contributed by atoms with Crippen molar-refractivity contribution in [2.75, 3.05) is 6.54 Å². The molecule has 15 heavy (non-hydrogen) atoms. The van der Waals surface area contributed by atoms with Gasteiger partial charge in [0.15, 0.2) is 0 Å². The third-order valence-corrected chi connectivity index (χ3v) is 2.76. The molecule has 0 aromatic rings. The molecule has 1 unspecified atom stereocenters. The maximum Gasteiger partial charge on any atom is 0.390 e. The van der Waals surface area contributed by atoms with E-state index in [1.54, 1.807) is 0 Å². The lowest BCUT2D eigenvalue weighted by Crippen LogP contribution is -2.42. The van der Waals surface area contributed by atoms with Gasteiger partial charge in [-0.2, -0.15) is 13.2 Å². The summed E-state index contributed by atoms with van der Waals surface area (Å²) in [5, 5.41) is 8.88. The molecule has 1 rings (SSSR count). The predicted molar refractivity (Wildman–Crippen MR) is 47.1 cm³/mol. The number of aliphatic carboxylic acids is 1. The number of carboxylic acid groups (broad SMARTS) is 1. The molecule has 0 saturated heterocycles. The lowest BCUT2D eigenvalue weighted by Gasteiger charge is -2.28. The maximum atomic E-state index is 12.2. The fourth-order valence-electron chi connectivity index (χ4n) is 1.74. The van der Waals surface area contributed by atoms with E-state index in [1.165, 1.54) is 0 Å². The van der Waals surface area contributed by atoms with Gasteiger partial charge in [0, 0.05) is 6.54 Å². The summed E-state index contributed by atoms with van der Waals surface area (Å²) in [5.41, 5.74) is 3.39. The smallest absolute Gasteiger partial charge is 0.390 e. The number of carbonyl (C=O) groups is 1. The molecule has 0 aliphatic heterocycles. The standard InChI is InChI=1S/C9H14F3NO2/c10-9(11,12)4-8(5-13,7(14)15)3-6-1-2-6/h6H,1-5,13H2,(H,14,15). The number of nitrogens with two attached hydrogens (primary N) is 1. The van der Waals surface area contributed by atoms with Crippen LogP contribution in [0.5, 0.6) is 0 Å². The Kier molecular flexibility index (Phi) is 3.28. The Balaban J connectivity index is 2.76. The first-order valence-electron chi connectivity index (χ1n) is 4.79. The van der Waals surface area contributed by atoms with E-state index >= 15 is 0 Å². The number of alkyl halides is 3. The summed E-state index contributed by atoms with van der Waals surface area (Å²) in [5.74, 6) is -1.33. The van der Waals surface area contributed by atoms with Gasteiger partial charge < -0.3 is 10.8 Å². The molecule has 3 nitrogen and oxygen atoms in total.